The average Bonchev–Trinajstić information content (AvgIpc) is 3.26. The molecule has 0 saturated carbocycles. The van der Waals surface area contributed by atoms with Gasteiger partial charge in [0, 0.05) is 31.5 Å². The predicted molar refractivity (Wildman–Crippen MR) is 102 cm³/mol. The van der Waals surface area contributed by atoms with Gasteiger partial charge in [-0.05, 0) is 25.0 Å². The Morgan fingerprint density at radius 3 is 2.25 bits per heavy atom. The number of hydrogen-bond acceptors (Lipinski definition) is 7. The van der Waals surface area contributed by atoms with Crippen molar-refractivity contribution in [3.63, 3.8) is 0 Å². The van der Waals surface area contributed by atoms with Crippen molar-refractivity contribution < 1.29 is 19.0 Å². The second-order valence-corrected chi connectivity index (χ2v) is 6.45. The highest BCUT2D eigenvalue weighted by atomic mass is 16.5. The Hall–Kier alpha value is -3.10. The van der Waals surface area contributed by atoms with E-state index in [9.17, 15) is 9.59 Å². The first-order valence-corrected chi connectivity index (χ1v) is 9.11. The van der Waals surface area contributed by atoms with Crippen LogP contribution in [-0.4, -0.2) is 60.4 Å². The highest BCUT2D eigenvalue weighted by Gasteiger charge is 2.19. The molecule has 2 aromatic rings. The molecule has 1 amide bonds. The summed E-state index contributed by atoms with van der Waals surface area (Å²) in [5.41, 5.74) is 0.440. The number of H-pyrrole nitrogens is 1. The number of amides is 1. The van der Waals surface area contributed by atoms with Gasteiger partial charge in [0.05, 0.1) is 21.3 Å². The number of carbonyl (C=O) groups excluding carboxylic acids is 1. The summed E-state index contributed by atoms with van der Waals surface area (Å²) in [4.78, 5) is 29.1. The molecular formula is C19H24N4O5. The van der Waals surface area contributed by atoms with E-state index in [1.165, 1.54) is 21.3 Å². The molecule has 9 nitrogen and oxygen atoms in total. The number of benzene rings is 1. The van der Waals surface area contributed by atoms with Crippen LogP contribution in [0.4, 0.5) is 0 Å². The van der Waals surface area contributed by atoms with Gasteiger partial charge in [0.15, 0.2) is 17.3 Å². The number of aryl methyl sites for hydroxylation is 1. The van der Waals surface area contributed by atoms with Gasteiger partial charge >= 0.3 is 0 Å². The summed E-state index contributed by atoms with van der Waals surface area (Å²) in [5, 5.41) is 8.14. The van der Waals surface area contributed by atoms with Crippen molar-refractivity contribution in [2.45, 2.75) is 25.7 Å². The van der Waals surface area contributed by atoms with Gasteiger partial charge in [-0.1, -0.05) is 0 Å². The van der Waals surface area contributed by atoms with Gasteiger partial charge in [0.1, 0.15) is 5.69 Å². The van der Waals surface area contributed by atoms with E-state index in [0.717, 1.165) is 25.9 Å². The Balaban J connectivity index is 1.80. The smallest absolute Gasteiger partial charge is 0.273 e. The molecule has 1 saturated heterocycles. The first-order valence-electron chi connectivity index (χ1n) is 9.11. The minimum absolute atomic E-state index is 0.0485. The van der Waals surface area contributed by atoms with Crippen molar-refractivity contribution in [2.24, 2.45) is 0 Å². The fourth-order valence-electron chi connectivity index (χ4n) is 3.22. The van der Waals surface area contributed by atoms with Crippen molar-refractivity contribution in [1.82, 2.24) is 20.1 Å². The predicted octanol–water partition coefficient (Wildman–Crippen LogP) is 1.41. The van der Waals surface area contributed by atoms with E-state index in [4.69, 9.17) is 14.2 Å². The maximum atomic E-state index is 12.4. The molecule has 1 aliphatic rings. The van der Waals surface area contributed by atoms with E-state index in [1.807, 2.05) is 4.90 Å². The molecule has 0 unspecified atom stereocenters. The molecular weight excluding hydrogens is 364 g/mol. The summed E-state index contributed by atoms with van der Waals surface area (Å²) in [6, 6.07) is 3.36. The highest BCUT2D eigenvalue weighted by Crippen LogP contribution is 2.40. The van der Waals surface area contributed by atoms with Crippen molar-refractivity contribution in [2.75, 3.05) is 34.4 Å². The first kappa shape index (κ1) is 19.7. The fourth-order valence-corrected chi connectivity index (χ4v) is 3.22. The summed E-state index contributed by atoms with van der Waals surface area (Å²) in [6.45, 7) is 1.59. The molecule has 150 valence electrons. The van der Waals surface area contributed by atoms with E-state index in [2.05, 4.69) is 15.2 Å². The number of rotatable bonds is 7. The largest absolute Gasteiger partial charge is 0.493 e. The monoisotopic (exact) mass is 388 g/mol. The van der Waals surface area contributed by atoms with Crippen LogP contribution in [0.25, 0.3) is 11.4 Å². The second-order valence-electron chi connectivity index (χ2n) is 6.45. The van der Waals surface area contributed by atoms with Crippen LogP contribution < -0.4 is 19.8 Å². The number of nitrogens with one attached hydrogen (secondary N) is 1. The quantitative estimate of drug-likeness (QED) is 0.764. The Kier molecular flexibility index (Phi) is 6.13. The molecule has 0 spiro atoms. The number of carbonyl (C=O) groups is 1. The Morgan fingerprint density at radius 2 is 1.71 bits per heavy atom. The van der Waals surface area contributed by atoms with Crippen LogP contribution >= 0.6 is 0 Å². The van der Waals surface area contributed by atoms with Crippen LogP contribution in [0.5, 0.6) is 17.2 Å². The van der Waals surface area contributed by atoms with E-state index in [1.54, 1.807) is 12.1 Å². The van der Waals surface area contributed by atoms with Gasteiger partial charge in [-0.25, -0.2) is 0 Å². The molecule has 28 heavy (non-hydrogen) atoms. The normalized spacial score (nSPS) is 13.5. The molecule has 9 heteroatoms. The number of aromatic amines is 1. The van der Waals surface area contributed by atoms with Gasteiger partial charge in [0.2, 0.25) is 11.7 Å². The van der Waals surface area contributed by atoms with Crippen LogP contribution in [0.3, 0.4) is 0 Å². The molecule has 3 rings (SSSR count). The summed E-state index contributed by atoms with van der Waals surface area (Å²) in [6.07, 6.45) is 2.58. The van der Waals surface area contributed by atoms with Crippen molar-refractivity contribution in [1.29, 1.82) is 0 Å². The third-order valence-corrected chi connectivity index (χ3v) is 4.74. The zero-order valence-electron chi connectivity index (χ0n) is 16.3. The molecule has 1 aliphatic heterocycles. The lowest BCUT2D eigenvalue weighted by atomic mass is 10.1. The van der Waals surface area contributed by atoms with Gasteiger partial charge in [-0.3, -0.25) is 9.59 Å². The molecule has 0 radical (unpaired) electrons. The molecule has 1 N–H and O–H groups in total. The second kappa shape index (κ2) is 8.73. The third-order valence-electron chi connectivity index (χ3n) is 4.74. The maximum absolute atomic E-state index is 12.4. The highest BCUT2D eigenvalue weighted by molar-refractivity contribution is 5.76. The minimum Gasteiger partial charge on any atom is -0.493 e. The zero-order valence-corrected chi connectivity index (χ0v) is 16.3. The third kappa shape index (κ3) is 4.08. The van der Waals surface area contributed by atoms with Crippen LogP contribution in [0.2, 0.25) is 0 Å². The number of likely N-dealkylation sites (tertiary alicyclic amines) is 1. The molecule has 0 atom stereocenters. The lowest BCUT2D eigenvalue weighted by Gasteiger charge is -2.14. The van der Waals surface area contributed by atoms with Gasteiger partial charge in [0.25, 0.3) is 5.56 Å². The maximum Gasteiger partial charge on any atom is 0.273 e. The molecule has 0 bridgehead atoms. The Bertz CT molecular complexity index is 880. The molecule has 1 aromatic carbocycles. The number of hydrogen-bond donors (Lipinski definition) is 1. The van der Waals surface area contributed by atoms with E-state index >= 15 is 0 Å². The van der Waals surface area contributed by atoms with E-state index in [0.29, 0.717) is 22.8 Å². The zero-order chi connectivity index (χ0) is 20.1. The standard InChI is InChI=1S/C19H24N4O5/c1-26-14-10-12(11-15(27-2)17(14)28-3)18-20-19(25)13(21-22-18)6-7-16(24)23-8-4-5-9-23/h10-11H,4-9H2,1-3H3,(H,20,22,25). The lowest BCUT2D eigenvalue weighted by molar-refractivity contribution is -0.130. The number of aromatic nitrogens is 3. The van der Waals surface area contributed by atoms with Crippen LogP contribution in [0.1, 0.15) is 25.0 Å². The van der Waals surface area contributed by atoms with Crippen LogP contribution in [0.15, 0.2) is 16.9 Å². The summed E-state index contributed by atoms with van der Waals surface area (Å²) in [5.74, 6) is 1.66. The van der Waals surface area contributed by atoms with Gasteiger partial charge < -0.3 is 24.1 Å². The number of ether oxygens (including phenoxy) is 3. The fraction of sp³-hybridized carbons (Fsp3) is 0.474. The van der Waals surface area contributed by atoms with E-state index < -0.39 is 0 Å². The summed E-state index contributed by atoms with van der Waals surface area (Å²) < 4.78 is 15.9. The topological polar surface area (TPSA) is 107 Å². The first-order chi connectivity index (χ1) is 13.6. The van der Waals surface area contributed by atoms with Crippen LogP contribution in [-0.2, 0) is 11.2 Å². The molecule has 2 heterocycles. The average molecular weight is 388 g/mol. The van der Waals surface area contributed by atoms with Crippen LogP contribution in [0, 0.1) is 0 Å². The van der Waals surface area contributed by atoms with Crippen molar-refractivity contribution in [3.05, 3.63) is 28.2 Å². The molecule has 0 aliphatic carbocycles. The summed E-state index contributed by atoms with van der Waals surface area (Å²) in [7, 11) is 4.53. The van der Waals surface area contributed by atoms with Crippen molar-refractivity contribution in [3.8, 4) is 28.6 Å². The SMILES string of the molecule is COc1cc(-c2nnc(CCC(=O)N3CCCC3)c(=O)[nH]2)cc(OC)c1OC. The van der Waals surface area contributed by atoms with E-state index in [-0.39, 0.29) is 35.8 Å². The minimum atomic E-state index is -0.368. The van der Waals surface area contributed by atoms with Crippen molar-refractivity contribution >= 4 is 5.91 Å². The van der Waals surface area contributed by atoms with Gasteiger partial charge in [-0.15, -0.1) is 10.2 Å². The number of nitrogens with zero attached hydrogens (tertiary/aromatic N) is 3. The Morgan fingerprint density at radius 1 is 1.07 bits per heavy atom. The summed E-state index contributed by atoms with van der Waals surface area (Å²) >= 11 is 0. The Labute approximate surface area is 162 Å². The van der Waals surface area contributed by atoms with Gasteiger partial charge in [-0.2, -0.15) is 0 Å². The molecule has 1 fully saturated rings. The number of methoxy groups -OCH3 is 3. The lowest BCUT2D eigenvalue weighted by Crippen LogP contribution is -2.28. The molecule has 1 aromatic heterocycles.